The minimum Gasteiger partial charge on any atom is -0.497 e. The standard InChI is InChI=1S/C27H28ClN3O4.C23H19ClN2O4/c1-27(2,3)35-26(33)29-14-23-20-13-24(32)31(4)15-22(20)19-11-10-18(34-5)12-21(19)25(30-23)16-6-8-17(28)9-7-16;1-26-12-19-16-8-7-15(30-2)9-18(16)23(13-3-5-14(24)6-4-13)25-20(11-22(28)29)17(19)10-21(26)27/h6-13,15,23H,14H2,1-5H3,(H,29,33);3-10,12,20H,11H2,1-2H3,(H,28,29). The van der Waals surface area contributed by atoms with E-state index in [2.05, 4.69) is 5.32 Å². The second-order valence-electron chi connectivity index (χ2n) is 16.5. The summed E-state index contributed by atoms with van der Waals surface area (Å²) in [6.07, 6.45) is 2.76. The number of nitrogens with zero attached hydrogens (tertiary/aromatic N) is 4. The number of carbonyl (C=O) groups excluding carboxylic acids is 1. The normalized spacial score (nSPS) is 14.8. The number of nitrogens with one attached hydrogen (secondary N) is 1. The van der Waals surface area contributed by atoms with Gasteiger partial charge in [-0.05, 0) is 104 Å². The Bertz CT molecular complexity index is 2990. The lowest BCUT2D eigenvalue weighted by molar-refractivity contribution is -0.137. The van der Waals surface area contributed by atoms with E-state index in [4.69, 9.17) is 47.4 Å². The number of benzene rings is 4. The minimum absolute atomic E-state index is 0.150. The molecule has 2 aromatic heterocycles. The molecule has 65 heavy (non-hydrogen) atoms. The summed E-state index contributed by atoms with van der Waals surface area (Å²) in [6.45, 7) is 5.56. The van der Waals surface area contributed by atoms with Gasteiger partial charge in [-0.15, -0.1) is 0 Å². The molecule has 334 valence electrons. The zero-order valence-electron chi connectivity index (χ0n) is 36.8. The maximum absolute atomic E-state index is 12.6. The van der Waals surface area contributed by atoms with Crippen molar-refractivity contribution in [1.29, 1.82) is 0 Å². The Morgan fingerprint density at radius 3 is 1.49 bits per heavy atom. The number of aliphatic imine (C=N–C) groups is 2. The van der Waals surface area contributed by atoms with Crippen molar-refractivity contribution in [2.45, 2.75) is 44.9 Å². The quantitative estimate of drug-likeness (QED) is 0.153. The summed E-state index contributed by atoms with van der Waals surface area (Å²) >= 11 is 12.2. The van der Waals surface area contributed by atoms with E-state index < -0.39 is 29.7 Å². The number of hydrogen-bond donors (Lipinski definition) is 2. The fourth-order valence-electron chi connectivity index (χ4n) is 7.69. The number of alkyl carbamates (subject to hydrolysis) is 1. The Hall–Kier alpha value is -6.96. The number of carboxylic acid groups (broad SMARTS) is 1. The van der Waals surface area contributed by atoms with Crippen molar-refractivity contribution in [1.82, 2.24) is 14.5 Å². The fourth-order valence-corrected chi connectivity index (χ4v) is 7.94. The molecule has 0 aliphatic carbocycles. The van der Waals surface area contributed by atoms with Crippen LogP contribution in [0.2, 0.25) is 10.0 Å². The summed E-state index contributed by atoms with van der Waals surface area (Å²) in [6, 6.07) is 27.8. The lowest BCUT2D eigenvalue weighted by Crippen LogP contribution is -2.35. The molecule has 0 saturated carbocycles. The SMILES string of the molecule is COc1ccc2c(c1)C(c1ccc(Cl)cc1)=NC(CC(=O)O)c1cc(=O)n(C)cc1-2.COc1ccc2c(c1)C(c1ccc(Cl)cc1)=NC(CNC(=O)OC(C)(C)C)c1cc(=O)n(C)cc1-2. The monoisotopic (exact) mass is 915 g/mol. The van der Waals surface area contributed by atoms with Gasteiger partial charge in [0.05, 0.1) is 44.1 Å². The number of amides is 1. The van der Waals surface area contributed by atoms with Gasteiger partial charge in [-0.3, -0.25) is 24.4 Å². The molecule has 0 fully saturated rings. The third-order valence-corrected chi connectivity index (χ3v) is 11.3. The first-order chi connectivity index (χ1) is 30.9. The van der Waals surface area contributed by atoms with Crippen LogP contribution < -0.4 is 25.9 Å². The van der Waals surface area contributed by atoms with Crippen LogP contribution in [0.3, 0.4) is 0 Å². The van der Waals surface area contributed by atoms with Gasteiger partial charge >= 0.3 is 12.1 Å². The van der Waals surface area contributed by atoms with Crippen molar-refractivity contribution in [3.63, 3.8) is 0 Å². The summed E-state index contributed by atoms with van der Waals surface area (Å²) in [5.74, 6) is 0.343. The Morgan fingerprint density at radius 2 is 1.08 bits per heavy atom. The highest BCUT2D eigenvalue weighted by Gasteiger charge is 2.30. The average molecular weight is 917 g/mol. The zero-order chi connectivity index (χ0) is 46.7. The van der Waals surface area contributed by atoms with E-state index in [1.807, 2.05) is 66.9 Å². The van der Waals surface area contributed by atoms with Crippen LogP contribution in [0, 0.1) is 0 Å². The number of aliphatic carboxylic acids is 1. The van der Waals surface area contributed by atoms with E-state index >= 15 is 0 Å². The summed E-state index contributed by atoms with van der Waals surface area (Å²) < 4.78 is 19.4. The van der Waals surface area contributed by atoms with Crippen LogP contribution in [0.25, 0.3) is 22.3 Å². The van der Waals surface area contributed by atoms with E-state index in [0.29, 0.717) is 38.5 Å². The number of carboxylic acids is 1. The van der Waals surface area contributed by atoms with Gasteiger partial charge < -0.3 is 33.8 Å². The zero-order valence-corrected chi connectivity index (χ0v) is 38.3. The summed E-state index contributed by atoms with van der Waals surface area (Å²) in [5, 5.41) is 13.5. The smallest absolute Gasteiger partial charge is 0.407 e. The fraction of sp³-hybridized carbons (Fsp3) is 0.240. The highest BCUT2D eigenvalue weighted by Crippen LogP contribution is 2.41. The van der Waals surface area contributed by atoms with E-state index in [0.717, 1.165) is 50.1 Å². The lowest BCUT2D eigenvalue weighted by Gasteiger charge is -2.21. The number of rotatable bonds is 8. The summed E-state index contributed by atoms with van der Waals surface area (Å²) in [4.78, 5) is 59.0. The molecule has 2 aliphatic heterocycles. The highest BCUT2D eigenvalue weighted by atomic mass is 35.5. The Kier molecular flexibility index (Phi) is 13.5. The molecule has 2 unspecified atom stereocenters. The Labute approximate surface area is 385 Å². The number of fused-ring (bicyclic) bond motifs is 6. The molecule has 13 nitrogen and oxygen atoms in total. The third-order valence-electron chi connectivity index (χ3n) is 10.8. The maximum Gasteiger partial charge on any atom is 0.407 e. The van der Waals surface area contributed by atoms with Crippen LogP contribution in [0.4, 0.5) is 4.79 Å². The van der Waals surface area contributed by atoms with Crippen LogP contribution in [-0.2, 0) is 23.6 Å². The van der Waals surface area contributed by atoms with Crippen molar-refractivity contribution in [3.05, 3.63) is 174 Å². The van der Waals surface area contributed by atoms with Crippen molar-refractivity contribution in [2.75, 3.05) is 20.8 Å². The van der Waals surface area contributed by atoms with Gasteiger partial charge in [0, 0.05) is 88.6 Å². The summed E-state index contributed by atoms with van der Waals surface area (Å²) in [5.41, 5.74) is 8.31. The van der Waals surface area contributed by atoms with Crippen LogP contribution in [0.1, 0.15) is 72.7 Å². The van der Waals surface area contributed by atoms with E-state index in [-0.39, 0.29) is 24.1 Å². The molecular weight excluding hydrogens is 869 g/mol. The van der Waals surface area contributed by atoms with Crippen molar-refractivity contribution in [2.24, 2.45) is 24.1 Å². The number of hydrogen-bond acceptors (Lipinski definition) is 9. The predicted molar refractivity (Wildman–Crippen MR) is 253 cm³/mol. The molecule has 1 amide bonds. The first-order valence-electron chi connectivity index (χ1n) is 20.6. The van der Waals surface area contributed by atoms with Gasteiger partial charge in [-0.2, -0.15) is 0 Å². The molecule has 8 rings (SSSR count). The molecule has 2 atom stereocenters. The minimum atomic E-state index is -0.991. The van der Waals surface area contributed by atoms with Gasteiger partial charge in [0.1, 0.15) is 17.1 Å². The summed E-state index contributed by atoms with van der Waals surface area (Å²) in [7, 11) is 6.58. The molecule has 2 aliphatic rings. The number of methoxy groups -OCH3 is 2. The second-order valence-corrected chi connectivity index (χ2v) is 17.4. The number of aromatic nitrogens is 2. The molecule has 15 heteroatoms. The molecular formula is C50H47Cl2N5O8. The molecule has 2 N–H and O–H groups in total. The lowest BCUT2D eigenvalue weighted by atomic mass is 9.91. The van der Waals surface area contributed by atoms with Crippen LogP contribution >= 0.6 is 23.2 Å². The van der Waals surface area contributed by atoms with Crippen molar-refractivity contribution in [3.8, 4) is 33.8 Å². The number of halogens is 2. The average Bonchev–Trinajstić information content (AvgIpc) is 3.47. The molecule has 0 saturated heterocycles. The number of pyridine rings is 2. The van der Waals surface area contributed by atoms with Crippen LogP contribution in [0.5, 0.6) is 11.5 Å². The van der Waals surface area contributed by atoms with Crippen LogP contribution in [-0.4, -0.2) is 64.1 Å². The van der Waals surface area contributed by atoms with Gasteiger partial charge in [-0.25, -0.2) is 4.79 Å². The van der Waals surface area contributed by atoms with E-state index in [9.17, 15) is 24.3 Å². The second kappa shape index (κ2) is 19.0. The molecule has 4 aromatic carbocycles. The number of aryl methyl sites for hydroxylation is 2. The Balaban J connectivity index is 0.000000196. The van der Waals surface area contributed by atoms with Crippen LogP contribution in [0.15, 0.2) is 129 Å². The largest absolute Gasteiger partial charge is 0.497 e. The van der Waals surface area contributed by atoms with Gasteiger partial charge in [0.25, 0.3) is 11.1 Å². The first-order valence-corrected chi connectivity index (χ1v) is 21.3. The van der Waals surface area contributed by atoms with E-state index in [1.165, 1.54) is 10.6 Å². The first kappa shape index (κ1) is 46.0. The molecule has 0 bridgehead atoms. The van der Waals surface area contributed by atoms with Crippen molar-refractivity contribution >= 4 is 46.7 Å². The molecule has 6 aromatic rings. The molecule has 0 radical (unpaired) electrons. The third kappa shape index (κ3) is 10.4. The molecule has 0 spiro atoms. The number of carbonyl (C=O) groups is 2. The van der Waals surface area contributed by atoms with Gasteiger partial charge in [-0.1, -0.05) is 47.5 Å². The van der Waals surface area contributed by atoms with E-state index in [1.54, 1.807) is 90.2 Å². The highest BCUT2D eigenvalue weighted by molar-refractivity contribution is 6.31. The number of ether oxygens (including phenoxy) is 3. The topological polar surface area (TPSA) is 163 Å². The van der Waals surface area contributed by atoms with Gasteiger partial charge in [0.2, 0.25) is 0 Å². The van der Waals surface area contributed by atoms with Gasteiger partial charge in [0.15, 0.2) is 0 Å². The molecule has 4 heterocycles. The van der Waals surface area contributed by atoms with Crippen molar-refractivity contribution < 1.29 is 28.9 Å². The Morgan fingerprint density at radius 1 is 0.646 bits per heavy atom. The predicted octanol–water partition coefficient (Wildman–Crippen LogP) is 9.21. The maximum atomic E-state index is 12.6.